The molecule has 0 spiro atoms. The maximum absolute atomic E-state index is 13.5. The molecule has 4 nitrogen and oxygen atoms in total. The highest BCUT2D eigenvalue weighted by Crippen LogP contribution is 2.20. The van der Waals surface area contributed by atoms with Crippen molar-refractivity contribution in [1.82, 2.24) is 9.78 Å². The molecule has 4 N–H and O–H groups in total. The molecule has 0 radical (unpaired) electrons. The number of aromatic nitrogens is 2. The van der Waals surface area contributed by atoms with Crippen LogP contribution in [0.1, 0.15) is 5.56 Å². The third-order valence-corrected chi connectivity index (χ3v) is 2.18. The van der Waals surface area contributed by atoms with Gasteiger partial charge in [0.05, 0.1) is 0 Å². The number of halogens is 1. The first-order valence-electron chi connectivity index (χ1n) is 4.50. The van der Waals surface area contributed by atoms with Gasteiger partial charge < -0.3 is 11.5 Å². The predicted molar refractivity (Wildman–Crippen MR) is 55.8 cm³/mol. The highest BCUT2D eigenvalue weighted by molar-refractivity contribution is 5.53. The van der Waals surface area contributed by atoms with Crippen LogP contribution in [0.4, 0.5) is 10.1 Å². The number of benzene rings is 1. The minimum absolute atomic E-state index is 0.278. The summed E-state index contributed by atoms with van der Waals surface area (Å²) in [4.78, 5) is 0. The highest BCUT2D eigenvalue weighted by atomic mass is 19.1. The normalized spacial score (nSPS) is 10.5. The van der Waals surface area contributed by atoms with Crippen LogP contribution in [0.25, 0.3) is 5.69 Å². The molecule has 2 aromatic rings. The van der Waals surface area contributed by atoms with Crippen LogP contribution >= 0.6 is 0 Å². The van der Waals surface area contributed by atoms with Crippen LogP contribution in [-0.4, -0.2) is 9.78 Å². The molecular weight excluding hydrogens is 195 g/mol. The summed E-state index contributed by atoms with van der Waals surface area (Å²) in [6.45, 7) is 0.278. The number of hydrogen-bond acceptors (Lipinski definition) is 3. The van der Waals surface area contributed by atoms with Crippen LogP contribution < -0.4 is 11.5 Å². The van der Waals surface area contributed by atoms with Crippen molar-refractivity contribution in [2.45, 2.75) is 6.54 Å². The molecule has 1 aromatic carbocycles. The first-order valence-corrected chi connectivity index (χ1v) is 4.50. The van der Waals surface area contributed by atoms with E-state index < -0.39 is 5.82 Å². The van der Waals surface area contributed by atoms with Gasteiger partial charge in [-0.2, -0.15) is 5.10 Å². The molecule has 0 fully saturated rings. The van der Waals surface area contributed by atoms with E-state index in [1.165, 1.54) is 10.7 Å². The van der Waals surface area contributed by atoms with E-state index in [1.54, 1.807) is 24.5 Å². The molecule has 0 unspecified atom stereocenters. The van der Waals surface area contributed by atoms with Gasteiger partial charge in [-0.3, -0.25) is 0 Å². The zero-order valence-electron chi connectivity index (χ0n) is 8.02. The van der Waals surface area contributed by atoms with Crippen LogP contribution in [0.2, 0.25) is 0 Å². The van der Waals surface area contributed by atoms with Crippen molar-refractivity contribution in [1.29, 1.82) is 0 Å². The van der Waals surface area contributed by atoms with Gasteiger partial charge in [-0.25, -0.2) is 9.07 Å². The second-order valence-electron chi connectivity index (χ2n) is 3.16. The van der Waals surface area contributed by atoms with E-state index in [0.29, 0.717) is 16.9 Å². The van der Waals surface area contributed by atoms with Crippen LogP contribution in [0.5, 0.6) is 0 Å². The molecule has 0 aliphatic carbocycles. The van der Waals surface area contributed by atoms with Crippen molar-refractivity contribution in [2.24, 2.45) is 5.73 Å². The third kappa shape index (κ3) is 1.69. The summed E-state index contributed by atoms with van der Waals surface area (Å²) in [5, 5.41) is 3.95. The van der Waals surface area contributed by atoms with Crippen molar-refractivity contribution < 1.29 is 4.39 Å². The molecular formula is C10H11FN4. The molecule has 0 aliphatic heterocycles. The highest BCUT2D eigenvalue weighted by Gasteiger charge is 2.08. The zero-order valence-corrected chi connectivity index (χ0v) is 8.02. The quantitative estimate of drug-likeness (QED) is 0.721. The van der Waals surface area contributed by atoms with Crippen LogP contribution in [0.15, 0.2) is 30.6 Å². The number of nitrogens with zero attached hydrogens (tertiary/aromatic N) is 2. The van der Waals surface area contributed by atoms with E-state index in [2.05, 4.69) is 5.10 Å². The molecule has 1 aromatic heterocycles. The molecule has 0 saturated heterocycles. The van der Waals surface area contributed by atoms with Crippen LogP contribution in [0.3, 0.4) is 0 Å². The average molecular weight is 206 g/mol. The fraction of sp³-hybridized carbons (Fsp3) is 0.100. The third-order valence-electron chi connectivity index (χ3n) is 2.18. The predicted octanol–water partition coefficient (Wildman–Crippen LogP) is 1.05. The van der Waals surface area contributed by atoms with Gasteiger partial charge in [0.1, 0.15) is 5.69 Å². The van der Waals surface area contributed by atoms with Crippen molar-refractivity contribution in [2.75, 3.05) is 5.73 Å². The van der Waals surface area contributed by atoms with E-state index in [-0.39, 0.29) is 6.54 Å². The molecule has 2 rings (SSSR count). The summed E-state index contributed by atoms with van der Waals surface area (Å²) in [5.41, 5.74) is 12.5. The zero-order chi connectivity index (χ0) is 10.8. The Morgan fingerprint density at radius 1 is 1.40 bits per heavy atom. The SMILES string of the molecule is NCc1cc(-n2cccn2)c(F)cc1N. The minimum Gasteiger partial charge on any atom is -0.398 e. The van der Waals surface area contributed by atoms with E-state index >= 15 is 0 Å². The van der Waals surface area contributed by atoms with Crippen LogP contribution in [0, 0.1) is 5.82 Å². The first kappa shape index (κ1) is 9.67. The number of anilines is 1. The Labute approximate surface area is 86.3 Å². The molecule has 0 amide bonds. The number of hydrogen-bond donors (Lipinski definition) is 2. The fourth-order valence-corrected chi connectivity index (χ4v) is 1.38. The van der Waals surface area contributed by atoms with Gasteiger partial charge in [-0.05, 0) is 23.8 Å². The van der Waals surface area contributed by atoms with Crippen LogP contribution in [-0.2, 0) is 6.54 Å². The lowest BCUT2D eigenvalue weighted by Crippen LogP contribution is -2.06. The Kier molecular flexibility index (Phi) is 2.39. The topological polar surface area (TPSA) is 69.9 Å². The summed E-state index contributed by atoms with van der Waals surface area (Å²) in [6.07, 6.45) is 3.24. The van der Waals surface area contributed by atoms with Crippen molar-refractivity contribution in [3.63, 3.8) is 0 Å². The van der Waals surface area contributed by atoms with E-state index in [1.807, 2.05) is 0 Å². The smallest absolute Gasteiger partial charge is 0.150 e. The molecule has 0 aliphatic rings. The number of nitrogen functional groups attached to an aromatic ring is 1. The number of nitrogens with two attached hydrogens (primary N) is 2. The van der Waals surface area contributed by atoms with Crippen molar-refractivity contribution >= 4 is 5.69 Å². The lowest BCUT2D eigenvalue weighted by Gasteiger charge is -2.08. The molecule has 78 valence electrons. The molecule has 5 heteroatoms. The Morgan fingerprint density at radius 3 is 2.80 bits per heavy atom. The van der Waals surface area contributed by atoms with Gasteiger partial charge >= 0.3 is 0 Å². The molecule has 0 atom stereocenters. The first-order chi connectivity index (χ1) is 7.22. The standard InChI is InChI=1S/C10H11FN4/c11-8-5-9(13)7(6-12)4-10(8)15-3-1-2-14-15/h1-5H,6,12-13H2. The summed E-state index contributed by atoms with van der Waals surface area (Å²) < 4.78 is 15.0. The Hall–Kier alpha value is -1.88. The van der Waals surface area contributed by atoms with Gasteiger partial charge in [-0.15, -0.1) is 0 Å². The average Bonchev–Trinajstić information content (AvgIpc) is 2.71. The van der Waals surface area contributed by atoms with Crippen molar-refractivity contribution in [3.8, 4) is 5.69 Å². The molecule has 1 heterocycles. The van der Waals surface area contributed by atoms with E-state index in [9.17, 15) is 4.39 Å². The molecule has 0 saturated carbocycles. The fourth-order valence-electron chi connectivity index (χ4n) is 1.38. The van der Waals surface area contributed by atoms with Gasteiger partial charge in [0, 0.05) is 24.6 Å². The van der Waals surface area contributed by atoms with E-state index in [4.69, 9.17) is 11.5 Å². The Bertz CT molecular complexity index is 465. The summed E-state index contributed by atoms with van der Waals surface area (Å²) in [6, 6.07) is 4.59. The van der Waals surface area contributed by atoms with Crippen molar-refractivity contribution in [3.05, 3.63) is 42.0 Å². The minimum atomic E-state index is -0.409. The van der Waals surface area contributed by atoms with Gasteiger partial charge in [-0.1, -0.05) is 0 Å². The largest absolute Gasteiger partial charge is 0.398 e. The van der Waals surface area contributed by atoms with E-state index in [0.717, 1.165) is 0 Å². The second-order valence-corrected chi connectivity index (χ2v) is 3.16. The van der Waals surface area contributed by atoms with Gasteiger partial charge in [0.15, 0.2) is 5.82 Å². The second kappa shape index (κ2) is 3.70. The molecule has 0 bridgehead atoms. The summed E-state index contributed by atoms with van der Waals surface area (Å²) in [7, 11) is 0. The lowest BCUT2D eigenvalue weighted by atomic mass is 10.1. The Balaban J connectivity index is 2.57. The maximum Gasteiger partial charge on any atom is 0.150 e. The van der Waals surface area contributed by atoms with Gasteiger partial charge in [0.25, 0.3) is 0 Å². The maximum atomic E-state index is 13.5. The number of rotatable bonds is 2. The monoisotopic (exact) mass is 206 g/mol. The van der Waals surface area contributed by atoms with Gasteiger partial charge in [0.2, 0.25) is 0 Å². The summed E-state index contributed by atoms with van der Waals surface area (Å²) >= 11 is 0. The molecule has 15 heavy (non-hydrogen) atoms. The Morgan fingerprint density at radius 2 is 2.20 bits per heavy atom. The lowest BCUT2D eigenvalue weighted by molar-refractivity contribution is 0.610. The summed E-state index contributed by atoms with van der Waals surface area (Å²) in [5.74, 6) is -0.409.